The molecular weight excluding hydrogens is 1220 g/mol. The van der Waals surface area contributed by atoms with Gasteiger partial charge in [0.25, 0.3) is 0 Å². The van der Waals surface area contributed by atoms with Crippen molar-refractivity contribution in [1.29, 1.82) is 0 Å². The lowest BCUT2D eigenvalue weighted by Crippen LogP contribution is -2.20. The van der Waals surface area contributed by atoms with E-state index in [1.54, 1.807) is 0 Å². The van der Waals surface area contributed by atoms with E-state index < -0.39 is 0 Å². The summed E-state index contributed by atoms with van der Waals surface area (Å²) in [7, 11) is 0. The Hall–Kier alpha value is -8.98. The summed E-state index contributed by atoms with van der Waals surface area (Å²) in [5.41, 5.74) is 33.6. The molecule has 0 aromatic heterocycles. The number of hydrogen-bond donors (Lipinski definition) is 0. The van der Waals surface area contributed by atoms with Crippen LogP contribution in [0.1, 0.15) is 210 Å². The summed E-state index contributed by atoms with van der Waals surface area (Å²) in [4.78, 5) is 4.92. The molecule has 0 bridgehead atoms. The maximum absolute atomic E-state index is 2.63. The summed E-state index contributed by atoms with van der Waals surface area (Å²) in [5, 5.41) is 0. The van der Waals surface area contributed by atoms with Gasteiger partial charge in [-0.2, -0.15) is 0 Å². The molecule has 0 heterocycles. The molecule has 0 aliphatic rings. The van der Waals surface area contributed by atoms with Crippen LogP contribution >= 0.6 is 0 Å². The van der Waals surface area contributed by atoms with Crippen LogP contribution in [0, 0.1) is 13.8 Å². The molecule has 101 heavy (non-hydrogen) atoms. The highest BCUT2D eigenvalue weighted by Gasteiger charge is 2.26. The first-order valence-corrected chi connectivity index (χ1v) is 39.0. The topological polar surface area (TPSA) is 6.48 Å². The van der Waals surface area contributed by atoms with Gasteiger partial charge in [0, 0.05) is 34.1 Å². The predicted molar refractivity (Wildman–Crippen MR) is 442 cm³/mol. The van der Waals surface area contributed by atoms with E-state index in [4.69, 9.17) is 0 Å². The Morgan fingerprint density at radius 2 is 0.535 bits per heavy atom. The minimum Gasteiger partial charge on any atom is -0.310 e. The van der Waals surface area contributed by atoms with Crippen molar-refractivity contribution in [3.05, 3.63) is 287 Å². The minimum absolute atomic E-state index is 0.185. The highest BCUT2D eigenvalue weighted by atomic mass is 15.1. The van der Waals surface area contributed by atoms with E-state index in [9.17, 15) is 0 Å². The fourth-order valence-electron chi connectivity index (χ4n) is 15.5. The maximum Gasteiger partial charge on any atom is 0.0464 e. The van der Waals surface area contributed by atoms with E-state index in [1.165, 1.54) is 163 Å². The van der Waals surface area contributed by atoms with Gasteiger partial charge in [0.15, 0.2) is 0 Å². The molecule has 2 heteroatoms. The molecule has 0 amide bonds. The number of hydrogen-bond acceptors (Lipinski definition) is 2. The third-order valence-electron chi connectivity index (χ3n) is 22.6. The van der Waals surface area contributed by atoms with Crippen LogP contribution < -0.4 is 9.80 Å². The number of rotatable bonds is 33. The van der Waals surface area contributed by atoms with Crippen LogP contribution in [0.25, 0.3) is 66.8 Å². The molecule has 0 aliphatic heterocycles. The Morgan fingerprint density at radius 1 is 0.248 bits per heavy atom. The molecule has 11 aromatic carbocycles. The number of unbranched alkanes of at least 4 members (excludes halogenated alkanes) is 6. The lowest BCUT2D eigenvalue weighted by molar-refractivity contribution is 0.414. The Morgan fingerprint density at radius 3 is 0.812 bits per heavy atom. The summed E-state index contributed by atoms with van der Waals surface area (Å²) < 4.78 is 0. The number of aryl methyl sites for hydroxylation is 6. The molecule has 1 unspecified atom stereocenters. The van der Waals surface area contributed by atoms with Crippen LogP contribution in [0.15, 0.2) is 243 Å². The Kier molecular flexibility index (Phi) is 25.1. The smallest absolute Gasteiger partial charge is 0.0464 e. The SMILES string of the molecule is CCCCCCc1cc(-c2ccc(N(c3ccc(-c4ccc(CCC)cc4)cc3)c3ccc(-c4ccc(C(C)(CC)CCC)cc4)cc3)cc2C)c(CCCCCC)cc1-c1ccc(N(c2ccc(-c3ccc(CCC)cc3)cc2)c2ccc(-c3ccc(C(C)(CC)CC)cc3)cc2)cc1C. The normalized spacial score (nSPS) is 12.2. The first-order chi connectivity index (χ1) is 49.2. The summed E-state index contributed by atoms with van der Waals surface area (Å²) in [6.07, 6.45) is 22.0. The Bertz CT molecular complexity index is 4380. The average molecular weight is 1330 g/mol. The minimum atomic E-state index is 0.185. The van der Waals surface area contributed by atoms with Gasteiger partial charge in [0.05, 0.1) is 0 Å². The van der Waals surface area contributed by atoms with Crippen LogP contribution in [0.4, 0.5) is 34.1 Å². The largest absolute Gasteiger partial charge is 0.310 e. The van der Waals surface area contributed by atoms with Crippen molar-refractivity contribution in [2.75, 3.05) is 9.80 Å². The van der Waals surface area contributed by atoms with Crippen LogP contribution in [0.3, 0.4) is 0 Å². The summed E-state index contributed by atoms with van der Waals surface area (Å²) >= 11 is 0. The van der Waals surface area contributed by atoms with E-state index in [0.29, 0.717) is 0 Å². The lowest BCUT2D eigenvalue weighted by Gasteiger charge is -2.29. The van der Waals surface area contributed by atoms with Crippen LogP contribution in [-0.4, -0.2) is 0 Å². The first kappa shape index (κ1) is 73.2. The summed E-state index contributed by atoms with van der Waals surface area (Å²) in [5.74, 6) is 0. The zero-order valence-electron chi connectivity index (χ0n) is 63.4. The Labute approximate surface area is 610 Å². The molecule has 0 N–H and O–H groups in total. The van der Waals surface area contributed by atoms with Crippen molar-refractivity contribution in [3.63, 3.8) is 0 Å². The molecule has 0 saturated heterocycles. The third kappa shape index (κ3) is 17.3. The molecule has 11 aromatic rings. The number of anilines is 6. The van der Waals surface area contributed by atoms with E-state index in [0.717, 1.165) is 105 Å². The third-order valence-corrected chi connectivity index (χ3v) is 22.6. The van der Waals surface area contributed by atoms with Gasteiger partial charge in [-0.15, -0.1) is 0 Å². The number of benzene rings is 11. The first-order valence-electron chi connectivity index (χ1n) is 39.0. The second kappa shape index (κ2) is 34.6. The van der Waals surface area contributed by atoms with Crippen molar-refractivity contribution in [3.8, 4) is 66.8 Å². The second-order valence-corrected chi connectivity index (χ2v) is 29.6. The zero-order valence-corrected chi connectivity index (χ0v) is 63.4. The van der Waals surface area contributed by atoms with Gasteiger partial charge in [0.1, 0.15) is 0 Å². The number of nitrogens with zero attached hydrogens (tertiary/aromatic N) is 2. The van der Waals surface area contributed by atoms with E-state index >= 15 is 0 Å². The summed E-state index contributed by atoms with van der Waals surface area (Å²) in [6, 6.07) is 93.8. The second-order valence-electron chi connectivity index (χ2n) is 29.6. The van der Waals surface area contributed by atoms with Gasteiger partial charge < -0.3 is 9.80 Å². The van der Waals surface area contributed by atoms with Gasteiger partial charge in [0.2, 0.25) is 0 Å². The predicted octanol–water partition coefficient (Wildman–Crippen LogP) is 29.9. The average Bonchev–Trinajstić information content (AvgIpc) is 0.764. The molecule has 0 saturated carbocycles. The van der Waals surface area contributed by atoms with Crippen molar-refractivity contribution >= 4 is 34.1 Å². The lowest BCUT2D eigenvalue weighted by atomic mass is 9.76. The molecule has 0 spiro atoms. The van der Waals surface area contributed by atoms with Crippen LogP contribution in [-0.2, 0) is 36.5 Å². The van der Waals surface area contributed by atoms with Crippen molar-refractivity contribution in [2.45, 2.75) is 216 Å². The zero-order chi connectivity index (χ0) is 70.9. The quantitative estimate of drug-likeness (QED) is 0.0378. The van der Waals surface area contributed by atoms with E-state index in [1.807, 2.05) is 0 Å². The molecule has 11 rings (SSSR count). The van der Waals surface area contributed by atoms with Gasteiger partial charge >= 0.3 is 0 Å². The fourth-order valence-corrected chi connectivity index (χ4v) is 15.5. The van der Waals surface area contributed by atoms with E-state index in [-0.39, 0.29) is 10.8 Å². The maximum atomic E-state index is 2.63. The fraction of sp³-hybridized carbons (Fsp3) is 0.333. The van der Waals surface area contributed by atoms with Crippen molar-refractivity contribution < 1.29 is 0 Å². The molecule has 0 radical (unpaired) electrons. The van der Waals surface area contributed by atoms with Crippen LogP contribution in [0.2, 0.25) is 0 Å². The molecule has 0 aliphatic carbocycles. The summed E-state index contributed by atoms with van der Waals surface area (Å²) in [6.45, 7) is 27.9. The van der Waals surface area contributed by atoms with Crippen molar-refractivity contribution in [2.24, 2.45) is 0 Å². The van der Waals surface area contributed by atoms with Gasteiger partial charge in [-0.05, 0) is 273 Å². The molecule has 2 nitrogen and oxygen atoms in total. The highest BCUT2D eigenvalue weighted by molar-refractivity contribution is 5.87. The van der Waals surface area contributed by atoms with E-state index in [2.05, 4.69) is 336 Å². The van der Waals surface area contributed by atoms with Gasteiger partial charge in [-0.1, -0.05) is 297 Å². The molecular formula is C99H114N2. The molecule has 520 valence electrons. The standard InChI is InChI=1S/C99H114N2/c1-13-21-23-25-29-84-71-97(95-66-64-93(69-73(95)10)101(89-57-45-81(46-58-89)77-37-33-75(28-16-4)34-38-77)91-61-49-83(50-62-91)79-41-53-87(54-42-79)99(12,20-8)67-17-5)85(30-26-24-22-14-2)70-96(84)94-65-63-92(68-72(94)9)100(88-55-43-80(44-56-88)76-35-31-74(27-15-3)32-36-76)90-59-47-82(48-60-90)78-39-51-86(52-40-78)98(11,18-6)19-7/h31-66,68-71H,13-30,67H2,1-12H3. The van der Waals surface area contributed by atoms with Crippen LogP contribution in [0.5, 0.6) is 0 Å². The van der Waals surface area contributed by atoms with Crippen molar-refractivity contribution in [1.82, 2.24) is 0 Å². The van der Waals surface area contributed by atoms with Gasteiger partial charge in [-0.3, -0.25) is 0 Å². The highest BCUT2D eigenvalue weighted by Crippen LogP contribution is 2.45. The molecule has 0 fully saturated rings. The Balaban J connectivity index is 0.972. The monoisotopic (exact) mass is 1330 g/mol. The van der Waals surface area contributed by atoms with Gasteiger partial charge in [-0.25, -0.2) is 0 Å². The molecule has 1 atom stereocenters.